The van der Waals surface area contributed by atoms with Crippen molar-refractivity contribution in [3.8, 4) is 5.75 Å². The first-order valence-electron chi connectivity index (χ1n) is 5.13. The lowest BCUT2D eigenvalue weighted by Crippen LogP contribution is -2.00. The van der Waals surface area contributed by atoms with Crippen molar-refractivity contribution in [2.75, 3.05) is 19.0 Å². The number of benzene rings is 1. The number of hydrogen-bond donors (Lipinski definition) is 1. The Morgan fingerprint density at radius 1 is 1.38 bits per heavy atom. The third-order valence-corrected chi connectivity index (χ3v) is 2.40. The summed E-state index contributed by atoms with van der Waals surface area (Å²) >= 11 is 0. The van der Waals surface area contributed by atoms with Gasteiger partial charge in [0.1, 0.15) is 11.6 Å². The number of anilines is 1. The zero-order chi connectivity index (χ0) is 11.4. The minimum Gasteiger partial charge on any atom is -0.496 e. The molecule has 1 N–H and O–H groups in total. The third-order valence-electron chi connectivity index (χ3n) is 2.40. The van der Waals surface area contributed by atoms with Crippen LogP contribution >= 0.6 is 0 Å². The van der Waals surface area contributed by atoms with Crippen LogP contribution in [0.25, 0.3) is 10.8 Å². The van der Waals surface area contributed by atoms with Crippen molar-refractivity contribution in [1.82, 2.24) is 4.98 Å². The summed E-state index contributed by atoms with van der Waals surface area (Å²) in [6, 6.07) is 7.88. The van der Waals surface area contributed by atoms with Gasteiger partial charge >= 0.3 is 0 Å². The molecule has 0 atom stereocenters. The summed E-state index contributed by atoms with van der Waals surface area (Å²) in [5, 5.41) is 5.32. The molecule has 0 aliphatic carbocycles. The molecule has 0 saturated heterocycles. The maximum Gasteiger partial charge on any atom is 0.134 e. The van der Waals surface area contributed by atoms with Crippen molar-refractivity contribution in [3.05, 3.63) is 43.1 Å². The number of hydrogen-bond acceptors (Lipinski definition) is 3. The fraction of sp³-hybridized carbons (Fsp3) is 0.154. The summed E-state index contributed by atoms with van der Waals surface area (Å²) in [5.74, 6) is 1.72. The molecule has 0 unspecified atom stereocenters. The van der Waals surface area contributed by atoms with E-state index in [2.05, 4.69) is 16.9 Å². The number of ether oxygens (including phenoxy) is 1. The minimum absolute atomic E-state index is 0.698. The molecule has 1 aromatic carbocycles. The van der Waals surface area contributed by atoms with E-state index in [1.165, 1.54) is 0 Å². The van der Waals surface area contributed by atoms with E-state index in [4.69, 9.17) is 4.74 Å². The lowest BCUT2D eigenvalue weighted by atomic mass is 10.1. The molecule has 0 radical (unpaired) electrons. The third kappa shape index (κ3) is 1.84. The number of nitrogens with one attached hydrogen (secondary N) is 1. The lowest BCUT2D eigenvalue weighted by Gasteiger charge is -2.09. The molecule has 0 spiro atoms. The largest absolute Gasteiger partial charge is 0.496 e. The molecular weight excluding hydrogens is 200 g/mol. The van der Waals surface area contributed by atoms with Crippen LogP contribution in [-0.4, -0.2) is 18.6 Å². The van der Waals surface area contributed by atoms with E-state index in [0.29, 0.717) is 6.54 Å². The number of methoxy groups -OCH3 is 1. The number of nitrogens with zero attached hydrogens (tertiary/aromatic N) is 1. The molecule has 0 bridgehead atoms. The highest BCUT2D eigenvalue weighted by Crippen LogP contribution is 2.28. The zero-order valence-corrected chi connectivity index (χ0v) is 9.23. The molecule has 2 aromatic rings. The van der Waals surface area contributed by atoms with Crippen molar-refractivity contribution in [3.63, 3.8) is 0 Å². The van der Waals surface area contributed by atoms with Crippen LogP contribution in [0.15, 0.2) is 43.1 Å². The van der Waals surface area contributed by atoms with Crippen LogP contribution in [0.1, 0.15) is 0 Å². The predicted octanol–water partition coefficient (Wildman–Crippen LogP) is 2.84. The summed E-state index contributed by atoms with van der Waals surface area (Å²) in [5.41, 5.74) is 0. The summed E-state index contributed by atoms with van der Waals surface area (Å²) in [7, 11) is 1.67. The van der Waals surface area contributed by atoms with Crippen LogP contribution in [0.3, 0.4) is 0 Å². The van der Waals surface area contributed by atoms with Crippen LogP contribution in [0, 0.1) is 0 Å². The fourth-order valence-electron chi connectivity index (χ4n) is 1.67. The first kappa shape index (κ1) is 10.5. The fourth-order valence-corrected chi connectivity index (χ4v) is 1.67. The summed E-state index contributed by atoms with van der Waals surface area (Å²) in [6.07, 6.45) is 3.58. The van der Waals surface area contributed by atoms with Gasteiger partial charge in [-0.25, -0.2) is 4.98 Å². The molecule has 1 heterocycles. The number of aromatic nitrogens is 1. The molecule has 0 fully saturated rings. The molecule has 16 heavy (non-hydrogen) atoms. The smallest absolute Gasteiger partial charge is 0.134 e. The minimum atomic E-state index is 0.698. The van der Waals surface area contributed by atoms with E-state index in [9.17, 15) is 0 Å². The highest BCUT2D eigenvalue weighted by molar-refractivity contribution is 5.95. The van der Waals surface area contributed by atoms with Gasteiger partial charge in [-0.05, 0) is 12.1 Å². The molecule has 82 valence electrons. The molecule has 0 aliphatic rings. The average molecular weight is 214 g/mol. The predicted molar refractivity (Wildman–Crippen MR) is 67.0 cm³/mol. The van der Waals surface area contributed by atoms with Gasteiger partial charge in [0, 0.05) is 23.5 Å². The van der Waals surface area contributed by atoms with Crippen LogP contribution in [0.5, 0.6) is 5.75 Å². The Kier molecular flexibility index (Phi) is 3.05. The van der Waals surface area contributed by atoms with Crippen molar-refractivity contribution in [2.24, 2.45) is 0 Å². The van der Waals surface area contributed by atoms with Gasteiger partial charge in [-0.15, -0.1) is 6.58 Å². The Balaban J connectivity index is 2.54. The van der Waals surface area contributed by atoms with Crippen LogP contribution < -0.4 is 10.1 Å². The second-order valence-corrected chi connectivity index (χ2v) is 3.38. The maximum absolute atomic E-state index is 5.31. The SMILES string of the molecule is C=CCNc1nccc2c(OC)cccc12. The van der Waals surface area contributed by atoms with Gasteiger partial charge in [0.25, 0.3) is 0 Å². The van der Waals surface area contributed by atoms with Gasteiger partial charge in [-0.1, -0.05) is 18.2 Å². The normalized spacial score (nSPS) is 10.1. The molecule has 0 amide bonds. The van der Waals surface area contributed by atoms with Crippen molar-refractivity contribution in [2.45, 2.75) is 0 Å². The van der Waals surface area contributed by atoms with Crippen molar-refractivity contribution < 1.29 is 4.74 Å². The second-order valence-electron chi connectivity index (χ2n) is 3.38. The Labute approximate surface area is 94.8 Å². The maximum atomic E-state index is 5.31. The molecular formula is C13H14N2O. The number of pyridine rings is 1. The van der Waals surface area contributed by atoms with E-state index >= 15 is 0 Å². The summed E-state index contributed by atoms with van der Waals surface area (Å²) in [4.78, 5) is 4.31. The molecule has 1 aromatic heterocycles. The molecule has 3 nitrogen and oxygen atoms in total. The van der Waals surface area contributed by atoms with E-state index in [1.54, 1.807) is 19.4 Å². The van der Waals surface area contributed by atoms with Crippen LogP contribution in [-0.2, 0) is 0 Å². The van der Waals surface area contributed by atoms with Gasteiger partial charge in [0.05, 0.1) is 7.11 Å². The number of fused-ring (bicyclic) bond motifs is 1. The Morgan fingerprint density at radius 2 is 2.25 bits per heavy atom. The Bertz CT molecular complexity index is 508. The highest BCUT2D eigenvalue weighted by Gasteiger charge is 2.04. The molecule has 3 heteroatoms. The first-order chi connectivity index (χ1) is 7.86. The average Bonchev–Trinajstić information content (AvgIpc) is 2.35. The molecule has 0 saturated carbocycles. The van der Waals surface area contributed by atoms with E-state index in [0.717, 1.165) is 22.3 Å². The van der Waals surface area contributed by atoms with Gasteiger partial charge in [0.2, 0.25) is 0 Å². The van der Waals surface area contributed by atoms with Gasteiger partial charge in [-0.3, -0.25) is 0 Å². The Morgan fingerprint density at radius 3 is 3.00 bits per heavy atom. The lowest BCUT2D eigenvalue weighted by molar-refractivity contribution is 0.420. The van der Waals surface area contributed by atoms with E-state index in [-0.39, 0.29) is 0 Å². The van der Waals surface area contributed by atoms with Gasteiger partial charge < -0.3 is 10.1 Å². The summed E-state index contributed by atoms with van der Waals surface area (Å²) < 4.78 is 5.31. The molecule has 2 rings (SSSR count). The van der Waals surface area contributed by atoms with Crippen LogP contribution in [0.2, 0.25) is 0 Å². The number of rotatable bonds is 4. The van der Waals surface area contributed by atoms with E-state index < -0.39 is 0 Å². The quantitative estimate of drug-likeness (QED) is 0.795. The van der Waals surface area contributed by atoms with Crippen LogP contribution in [0.4, 0.5) is 5.82 Å². The second kappa shape index (κ2) is 4.66. The first-order valence-corrected chi connectivity index (χ1v) is 5.13. The zero-order valence-electron chi connectivity index (χ0n) is 9.23. The van der Waals surface area contributed by atoms with Gasteiger partial charge in [-0.2, -0.15) is 0 Å². The van der Waals surface area contributed by atoms with Gasteiger partial charge in [0.15, 0.2) is 0 Å². The highest BCUT2D eigenvalue weighted by atomic mass is 16.5. The summed E-state index contributed by atoms with van der Waals surface area (Å²) in [6.45, 7) is 4.37. The standard InChI is InChI=1S/C13H14N2O/c1-3-8-14-13-11-5-4-6-12(16-2)10(11)7-9-15-13/h3-7,9H,1,8H2,2H3,(H,14,15). The molecule has 0 aliphatic heterocycles. The van der Waals surface area contributed by atoms with E-state index in [1.807, 2.05) is 24.3 Å². The monoisotopic (exact) mass is 214 g/mol. The van der Waals surface area contributed by atoms with Crippen molar-refractivity contribution >= 4 is 16.6 Å². The van der Waals surface area contributed by atoms with Crippen molar-refractivity contribution in [1.29, 1.82) is 0 Å². The topological polar surface area (TPSA) is 34.2 Å². The Hall–Kier alpha value is -2.03.